The van der Waals surface area contributed by atoms with Gasteiger partial charge in [-0.05, 0) is 42.9 Å². The van der Waals surface area contributed by atoms with Crippen molar-refractivity contribution in [1.82, 2.24) is 10.6 Å². The first-order chi connectivity index (χ1) is 15.4. The molecule has 2 aromatic carbocycles. The highest BCUT2D eigenvalue weighted by molar-refractivity contribution is 6.31. The number of urea groups is 1. The summed E-state index contributed by atoms with van der Waals surface area (Å²) >= 11 is 0. The number of nitrogens with zero attached hydrogens (tertiary/aromatic N) is 2. The lowest BCUT2D eigenvalue weighted by atomic mass is 9.89. The van der Waals surface area contributed by atoms with E-state index in [0.717, 1.165) is 32.4 Å². The Labute approximate surface area is 184 Å². The SMILES string of the molecule is O=C1NC(=O)C(=Cc2cc([N+](=O)[O-])ccc2N2CCC(Cc3ccccc3)CC2)C(=O)N1. The molecule has 2 fully saturated rings. The summed E-state index contributed by atoms with van der Waals surface area (Å²) in [5.74, 6) is -1.13. The van der Waals surface area contributed by atoms with Crippen LogP contribution in [-0.2, 0) is 16.0 Å². The molecule has 164 valence electrons. The summed E-state index contributed by atoms with van der Waals surface area (Å²) in [5, 5.41) is 15.3. The molecular formula is C23H22N4O5. The Morgan fingerprint density at radius 2 is 1.66 bits per heavy atom. The molecule has 2 aliphatic rings. The molecule has 0 radical (unpaired) electrons. The number of imide groups is 2. The summed E-state index contributed by atoms with van der Waals surface area (Å²) in [6.07, 6.45) is 4.21. The number of piperidine rings is 1. The summed E-state index contributed by atoms with van der Waals surface area (Å²) < 4.78 is 0. The topological polar surface area (TPSA) is 122 Å². The number of non-ortho nitro benzene ring substituents is 1. The first-order valence-corrected chi connectivity index (χ1v) is 10.4. The molecule has 2 aromatic rings. The molecule has 0 saturated carbocycles. The molecule has 0 aliphatic carbocycles. The number of barbiturate groups is 1. The van der Waals surface area contributed by atoms with E-state index >= 15 is 0 Å². The van der Waals surface area contributed by atoms with Crippen LogP contribution in [0, 0.1) is 16.0 Å². The van der Waals surface area contributed by atoms with Crippen molar-refractivity contribution in [1.29, 1.82) is 0 Å². The van der Waals surface area contributed by atoms with Gasteiger partial charge in [0.15, 0.2) is 0 Å². The Bertz CT molecular complexity index is 1080. The van der Waals surface area contributed by atoms with E-state index in [2.05, 4.69) is 17.0 Å². The van der Waals surface area contributed by atoms with Crippen LogP contribution in [0.15, 0.2) is 54.1 Å². The van der Waals surface area contributed by atoms with Crippen molar-refractivity contribution in [2.45, 2.75) is 19.3 Å². The van der Waals surface area contributed by atoms with Gasteiger partial charge in [-0.1, -0.05) is 30.3 Å². The van der Waals surface area contributed by atoms with E-state index in [1.54, 1.807) is 6.07 Å². The predicted octanol–water partition coefficient (Wildman–Crippen LogP) is 2.80. The van der Waals surface area contributed by atoms with Crippen LogP contribution in [-0.4, -0.2) is 35.9 Å². The molecule has 2 saturated heterocycles. The van der Waals surface area contributed by atoms with E-state index < -0.39 is 22.8 Å². The standard InChI is InChI=1S/C23H22N4O5/c28-21-19(22(29)25-23(30)24-21)14-17-13-18(27(31)32)6-7-20(17)26-10-8-16(9-11-26)12-15-4-2-1-3-5-15/h1-7,13-14,16H,8-12H2,(H2,24,25,28,29,30). The van der Waals surface area contributed by atoms with E-state index in [1.165, 1.54) is 23.8 Å². The van der Waals surface area contributed by atoms with Gasteiger partial charge in [-0.3, -0.25) is 30.3 Å². The number of benzene rings is 2. The average molecular weight is 434 g/mol. The van der Waals surface area contributed by atoms with Gasteiger partial charge >= 0.3 is 6.03 Å². The molecule has 2 heterocycles. The van der Waals surface area contributed by atoms with Crippen molar-refractivity contribution in [3.8, 4) is 0 Å². The molecule has 32 heavy (non-hydrogen) atoms. The van der Waals surface area contributed by atoms with Crippen LogP contribution >= 0.6 is 0 Å². The normalized spacial score (nSPS) is 17.1. The number of nitrogens with one attached hydrogen (secondary N) is 2. The van der Waals surface area contributed by atoms with Gasteiger partial charge in [-0.25, -0.2) is 4.79 Å². The first kappa shape index (κ1) is 21.2. The number of anilines is 1. The molecule has 4 amide bonds. The zero-order chi connectivity index (χ0) is 22.7. The Morgan fingerprint density at radius 1 is 1.00 bits per heavy atom. The van der Waals surface area contributed by atoms with Crippen molar-refractivity contribution in [2.75, 3.05) is 18.0 Å². The van der Waals surface area contributed by atoms with E-state index in [9.17, 15) is 24.5 Å². The second-order valence-electron chi connectivity index (χ2n) is 7.92. The molecular weight excluding hydrogens is 412 g/mol. The number of hydrogen-bond donors (Lipinski definition) is 2. The minimum absolute atomic E-state index is 0.146. The molecule has 4 rings (SSSR count). The van der Waals surface area contributed by atoms with E-state index in [0.29, 0.717) is 17.2 Å². The van der Waals surface area contributed by atoms with Gasteiger partial charge in [-0.15, -0.1) is 0 Å². The van der Waals surface area contributed by atoms with Crippen LogP contribution in [0.4, 0.5) is 16.2 Å². The predicted molar refractivity (Wildman–Crippen MR) is 118 cm³/mol. The van der Waals surface area contributed by atoms with E-state index in [4.69, 9.17) is 0 Å². The minimum Gasteiger partial charge on any atom is -0.371 e. The van der Waals surface area contributed by atoms with Crippen molar-refractivity contribution in [3.05, 3.63) is 75.3 Å². The maximum atomic E-state index is 12.1. The van der Waals surface area contributed by atoms with Crippen LogP contribution < -0.4 is 15.5 Å². The molecule has 0 unspecified atom stereocenters. The fourth-order valence-corrected chi connectivity index (χ4v) is 4.15. The summed E-state index contributed by atoms with van der Waals surface area (Å²) in [6, 6.07) is 13.8. The molecule has 0 spiro atoms. The fourth-order valence-electron chi connectivity index (χ4n) is 4.15. The Morgan fingerprint density at radius 3 is 2.28 bits per heavy atom. The van der Waals surface area contributed by atoms with Gasteiger partial charge < -0.3 is 4.90 Å². The van der Waals surface area contributed by atoms with Gasteiger partial charge in [-0.2, -0.15) is 0 Å². The third-order valence-electron chi connectivity index (χ3n) is 5.79. The highest BCUT2D eigenvalue weighted by Gasteiger charge is 2.29. The van der Waals surface area contributed by atoms with Crippen LogP contribution in [0.2, 0.25) is 0 Å². The monoisotopic (exact) mass is 434 g/mol. The summed E-state index contributed by atoms with van der Waals surface area (Å²) in [5.41, 5.74) is 1.97. The molecule has 9 nitrogen and oxygen atoms in total. The summed E-state index contributed by atoms with van der Waals surface area (Å²) in [6.45, 7) is 1.50. The maximum absolute atomic E-state index is 12.1. The number of rotatable bonds is 5. The molecule has 0 aromatic heterocycles. The highest BCUT2D eigenvalue weighted by Crippen LogP contribution is 2.32. The number of amides is 4. The minimum atomic E-state index is -0.892. The second-order valence-corrected chi connectivity index (χ2v) is 7.92. The zero-order valence-corrected chi connectivity index (χ0v) is 17.2. The Balaban J connectivity index is 1.57. The lowest BCUT2D eigenvalue weighted by molar-refractivity contribution is -0.384. The second kappa shape index (κ2) is 9.01. The van der Waals surface area contributed by atoms with Crippen LogP contribution in [0.1, 0.15) is 24.0 Å². The number of nitro benzene ring substituents is 1. The van der Waals surface area contributed by atoms with Crippen molar-refractivity contribution in [2.24, 2.45) is 5.92 Å². The quantitative estimate of drug-likeness (QED) is 0.323. The average Bonchev–Trinajstić information content (AvgIpc) is 2.77. The maximum Gasteiger partial charge on any atom is 0.328 e. The largest absolute Gasteiger partial charge is 0.371 e. The van der Waals surface area contributed by atoms with Crippen LogP contribution in [0.3, 0.4) is 0 Å². The molecule has 0 atom stereocenters. The number of hydrogen-bond acceptors (Lipinski definition) is 6. The third kappa shape index (κ3) is 4.66. The molecule has 2 aliphatic heterocycles. The van der Waals surface area contributed by atoms with Gasteiger partial charge in [0.25, 0.3) is 17.5 Å². The summed E-state index contributed by atoms with van der Waals surface area (Å²) in [7, 11) is 0. The van der Waals surface area contributed by atoms with Crippen LogP contribution in [0.25, 0.3) is 6.08 Å². The van der Waals surface area contributed by atoms with Gasteiger partial charge in [0.05, 0.1) is 4.92 Å². The first-order valence-electron chi connectivity index (χ1n) is 10.4. The summed E-state index contributed by atoms with van der Waals surface area (Å²) in [4.78, 5) is 48.5. The number of carbonyl (C=O) groups is 3. The van der Waals surface area contributed by atoms with Gasteiger partial charge in [0.2, 0.25) is 0 Å². The fraction of sp³-hybridized carbons (Fsp3) is 0.261. The van der Waals surface area contributed by atoms with Crippen molar-refractivity contribution in [3.63, 3.8) is 0 Å². The third-order valence-corrected chi connectivity index (χ3v) is 5.79. The van der Waals surface area contributed by atoms with Crippen molar-refractivity contribution >= 4 is 35.3 Å². The number of nitro groups is 1. The zero-order valence-electron chi connectivity index (χ0n) is 17.2. The number of carbonyl (C=O) groups excluding carboxylic acids is 3. The molecule has 0 bridgehead atoms. The van der Waals surface area contributed by atoms with Crippen LogP contribution in [0.5, 0.6) is 0 Å². The van der Waals surface area contributed by atoms with Gasteiger partial charge in [0, 0.05) is 36.5 Å². The van der Waals surface area contributed by atoms with Gasteiger partial charge in [0.1, 0.15) is 5.57 Å². The lowest BCUT2D eigenvalue weighted by Gasteiger charge is -2.34. The Kier molecular flexibility index (Phi) is 5.98. The lowest BCUT2D eigenvalue weighted by Crippen LogP contribution is -2.51. The smallest absolute Gasteiger partial charge is 0.328 e. The molecule has 9 heteroatoms. The van der Waals surface area contributed by atoms with E-state index in [-0.39, 0.29) is 11.3 Å². The highest BCUT2D eigenvalue weighted by atomic mass is 16.6. The van der Waals surface area contributed by atoms with E-state index in [1.807, 2.05) is 28.8 Å². The van der Waals surface area contributed by atoms with Crippen molar-refractivity contribution < 1.29 is 19.3 Å². The molecule has 2 N–H and O–H groups in total. The Hall–Kier alpha value is -4.01.